The molecule has 0 amide bonds. The SMILES string of the molecule is CNC(COC)c1cccnc1. The molecule has 0 saturated heterocycles. The van der Waals surface area contributed by atoms with Crippen molar-refractivity contribution in [3.8, 4) is 0 Å². The van der Waals surface area contributed by atoms with Gasteiger partial charge in [-0.15, -0.1) is 0 Å². The highest BCUT2D eigenvalue weighted by atomic mass is 16.5. The highest BCUT2D eigenvalue weighted by molar-refractivity contribution is 5.13. The van der Waals surface area contributed by atoms with Gasteiger partial charge >= 0.3 is 0 Å². The number of likely N-dealkylation sites (N-methyl/N-ethyl adjacent to an activating group) is 1. The summed E-state index contributed by atoms with van der Waals surface area (Å²) in [6.45, 7) is 0.669. The minimum atomic E-state index is 0.240. The van der Waals surface area contributed by atoms with E-state index in [1.54, 1.807) is 13.3 Å². The van der Waals surface area contributed by atoms with Gasteiger partial charge in [0.15, 0.2) is 0 Å². The maximum atomic E-state index is 5.06. The fourth-order valence-electron chi connectivity index (χ4n) is 1.09. The van der Waals surface area contributed by atoms with Crippen LogP contribution in [0.2, 0.25) is 0 Å². The minimum absolute atomic E-state index is 0.240. The summed E-state index contributed by atoms with van der Waals surface area (Å²) in [6.07, 6.45) is 3.61. The van der Waals surface area contributed by atoms with E-state index in [2.05, 4.69) is 10.3 Å². The van der Waals surface area contributed by atoms with E-state index in [1.807, 2.05) is 25.4 Å². The molecule has 0 saturated carbocycles. The minimum Gasteiger partial charge on any atom is -0.383 e. The third kappa shape index (κ3) is 2.29. The van der Waals surface area contributed by atoms with Crippen molar-refractivity contribution in [3.05, 3.63) is 30.1 Å². The fraction of sp³-hybridized carbons (Fsp3) is 0.444. The van der Waals surface area contributed by atoms with Gasteiger partial charge in [-0.2, -0.15) is 0 Å². The number of pyridine rings is 1. The number of nitrogens with zero attached hydrogens (tertiary/aromatic N) is 1. The molecule has 1 aromatic rings. The van der Waals surface area contributed by atoms with Gasteiger partial charge in [-0.25, -0.2) is 0 Å². The molecule has 1 aromatic heterocycles. The molecule has 1 unspecified atom stereocenters. The zero-order valence-electron chi connectivity index (χ0n) is 7.45. The van der Waals surface area contributed by atoms with Crippen LogP contribution in [-0.2, 0) is 4.74 Å². The average molecular weight is 166 g/mol. The van der Waals surface area contributed by atoms with Crippen LogP contribution in [0.25, 0.3) is 0 Å². The van der Waals surface area contributed by atoms with Gasteiger partial charge in [-0.05, 0) is 18.7 Å². The number of ether oxygens (including phenoxy) is 1. The van der Waals surface area contributed by atoms with Crippen LogP contribution < -0.4 is 5.32 Å². The largest absolute Gasteiger partial charge is 0.383 e. The fourth-order valence-corrected chi connectivity index (χ4v) is 1.09. The molecule has 0 bridgehead atoms. The van der Waals surface area contributed by atoms with Gasteiger partial charge < -0.3 is 10.1 Å². The second-order valence-corrected chi connectivity index (χ2v) is 2.58. The second kappa shape index (κ2) is 4.85. The van der Waals surface area contributed by atoms with Crippen molar-refractivity contribution in [1.29, 1.82) is 0 Å². The van der Waals surface area contributed by atoms with Crippen LogP contribution in [-0.4, -0.2) is 25.7 Å². The lowest BCUT2D eigenvalue weighted by atomic mass is 10.1. The van der Waals surface area contributed by atoms with E-state index in [9.17, 15) is 0 Å². The van der Waals surface area contributed by atoms with Gasteiger partial charge in [0.05, 0.1) is 12.6 Å². The Bertz CT molecular complexity index is 213. The predicted molar refractivity (Wildman–Crippen MR) is 47.9 cm³/mol. The van der Waals surface area contributed by atoms with Crippen molar-refractivity contribution >= 4 is 0 Å². The van der Waals surface area contributed by atoms with Crippen LogP contribution in [0.15, 0.2) is 24.5 Å². The van der Waals surface area contributed by atoms with E-state index in [0.29, 0.717) is 6.61 Å². The first-order valence-electron chi connectivity index (χ1n) is 3.94. The number of aromatic nitrogens is 1. The van der Waals surface area contributed by atoms with Gasteiger partial charge in [-0.1, -0.05) is 6.07 Å². The van der Waals surface area contributed by atoms with Crippen molar-refractivity contribution in [3.63, 3.8) is 0 Å². The number of nitrogens with one attached hydrogen (secondary N) is 1. The van der Waals surface area contributed by atoms with Gasteiger partial charge in [0.2, 0.25) is 0 Å². The molecule has 0 spiro atoms. The van der Waals surface area contributed by atoms with E-state index < -0.39 is 0 Å². The Hall–Kier alpha value is -0.930. The molecule has 3 nitrogen and oxygen atoms in total. The van der Waals surface area contributed by atoms with Gasteiger partial charge in [-0.3, -0.25) is 4.98 Å². The zero-order valence-corrected chi connectivity index (χ0v) is 7.45. The van der Waals surface area contributed by atoms with Crippen molar-refractivity contribution < 1.29 is 4.74 Å². The summed E-state index contributed by atoms with van der Waals surface area (Å²) < 4.78 is 5.06. The van der Waals surface area contributed by atoms with Crippen LogP contribution >= 0.6 is 0 Å². The third-order valence-electron chi connectivity index (χ3n) is 1.77. The first-order chi connectivity index (χ1) is 5.88. The van der Waals surface area contributed by atoms with E-state index in [4.69, 9.17) is 4.74 Å². The molecule has 0 aliphatic carbocycles. The number of methoxy groups -OCH3 is 1. The van der Waals surface area contributed by atoms with Crippen molar-refractivity contribution in [2.24, 2.45) is 0 Å². The molecule has 1 rings (SSSR count). The van der Waals surface area contributed by atoms with Gasteiger partial charge in [0.25, 0.3) is 0 Å². The maximum absolute atomic E-state index is 5.06. The molecule has 0 aliphatic rings. The van der Waals surface area contributed by atoms with Gasteiger partial charge in [0.1, 0.15) is 0 Å². The lowest BCUT2D eigenvalue weighted by Gasteiger charge is -2.14. The lowest BCUT2D eigenvalue weighted by molar-refractivity contribution is 0.170. The summed E-state index contributed by atoms with van der Waals surface area (Å²) in [5, 5.41) is 3.15. The van der Waals surface area contributed by atoms with Crippen LogP contribution in [0.3, 0.4) is 0 Å². The molecule has 1 heterocycles. The van der Waals surface area contributed by atoms with Crippen molar-refractivity contribution in [2.45, 2.75) is 6.04 Å². The Labute approximate surface area is 72.8 Å². The molecule has 0 aliphatic heterocycles. The first-order valence-corrected chi connectivity index (χ1v) is 3.94. The Morgan fingerprint density at radius 3 is 3.00 bits per heavy atom. The predicted octanol–water partition coefficient (Wildman–Crippen LogP) is 0.989. The van der Waals surface area contributed by atoms with Crippen molar-refractivity contribution in [1.82, 2.24) is 10.3 Å². The maximum Gasteiger partial charge on any atom is 0.0658 e. The zero-order chi connectivity index (χ0) is 8.81. The highest BCUT2D eigenvalue weighted by Crippen LogP contribution is 2.09. The number of hydrogen-bond acceptors (Lipinski definition) is 3. The van der Waals surface area contributed by atoms with Gasteiger partial charge in [0, 0.05) is 19.5 Å². The molecular formula is C9H14N2O. The summed E-state index contributed by atoms with van der Waals surface area (Å²) in [5.74, 6) is 0. The van der Waals surface area contributed by atoms with Crippen LogP contribution in [0.5, 0.6) is 0 Å². The lowest BCUT2D eigenvalue weighted by Crippen LogP contribution is -2.21. The average Bonchev–Trinajstić information content (AvgIpc) is 2.15. The third-order valence-corrected chi connectivity index (χ3v) is 1.77. The van der Waals surface area contributed by atoms with E-state index in [1.165, 1.54) is 0 Å². The Morgan fingerprint density at radius 1 is 1.67 bits per heavy atom. The monoisotopic (exact) mass is 166 g/mol. The van der Waals surface area contributed by atoms with E-state index in [0.717, 1.165) is 5.56 Å². The summed E-state index contributed by atoms with van der Waals surface area (Å²) in [7, 11) is 3.61. The Morgan fingerprint density at radius 2 is 2.50 bits per heavy atom. The summed E-state index contributed by atoms with van der Waals surface area (Å²) in [5.41, 5.74) is 1.15. The van der Waals surface area contributed by atoms with E-state index in [-0.39, 0.29) is 6.04 Å². The first kappa shape index (κ1) is 9.16. The second-order valence-electron chi connectivity index (χ2n) is 2.58. The Balaban J connectivity index is 2.66. The summed E-state index contributed by atoms with van der Waals surface area (Å²) in [4.78, 5) is 4.04. The Kier molecular flexibility index (Phi) is 3.70. The molecule has 1 N–H and O–H groups in total. The quantitative estimate of drug-likeness (QED) is 0.724. The molecule has 0 fully saturated rings. The summed E-state index contributed by atoms with van der Waals surface area (Å²) in [6, 6.07) is 4.20. The molecular weight excluding hydrogens is 152 g/mol. The highest BCUT2D eigenvalue weighted by Gasteiger charge is 2.06. The topological polar surface area (TPSA) is 34.1 Å². The van der Waals surface area contributed by atoms with Crippen LogP contribution in [0, 0.1) is 0 Å². The van der Waals surface area contributed by atoms with Crippen LogP contribution in [0.4, 0.5) is 0 Å². The molecule has 0 aromatic carbocycles. The van der Waals surface area contributed by atoms with Crippen LogP contribution in [0.1, 0.15) is 11.6 Å². The van der Waals surface area contributed by atoms with Crippen molar-refractivity contribution in [2.75, 3.05) is 20.8 Å². The number of rotatable bonds is 4. The smallest absolute Gasteiger partial charge is 0.0658 e. The standard InChI is InChI=1S/C9H14N2O/c1-10-9(7-12-2)8-4-3-5-11-6-8/h3-6,9-10H,7H2,1-2H3. The normalized spacial score (nSPS) is 12.8. The molecule has 1 atom stereocenters. The molecule has 66 valence electrons. The summed E-state index contributed by atoms with van der Waals surface area (Å²) >= 11 is 0. The molecule has 12 heavy (non-hydrogen) atoms. The van der Waals surface area contributed by atoms with E-state index >= 15 is 0 Å². The number of hydrogen-bond donors (Lipinski definition) is 1. The molecule has 3 heteroatoms. The molecule has 0 radical (unpaired) electrons.